The number of carbonyl (C=O) groups excluding carboxylic acids is 1. The van der Waals surface area contributed by atoms with Crippen LogP contribution in [0.25, 0.3) is 10.1 Å². The molecule has 2 aromatic rings. The van der Waals surface area contributed by atoms with E-state index in [9.17, 15) is 13.2 Å². The Morgan fingerprint density at radius 2 is 2.12 bits per heavy atom. The third-order valence-corrected chi connectivity index (χ3v) is 7.72. The lowest BCUT2D eigenvalue weighted by atomic mass is 10.00. The maximum Gasteiger partial charge on any atom is 0.349 e. The molecule has 9 heteroatoms. The first kappa shape index (κ1) is 21.1. The van der Waals surface area contributed by atoms with E-state index >= 15 is 0 Å². The van der Waals surface area contributed by atoms with Crippen molar-refractivity contribution in [1.82, 2.24) is 9.62 Å². The number of nitrogens with zero attached hydrogens (tertiary/aromatic N) is 1. The second kappa shape index (κ2) is 8.67. The summed E-state index contributed by atoms with van der Waals surface area (Å²) in [5.41, 5.74) is 0. The van der Waals surface area contributed by atoms with Crippen LogP contribution in [0.3, 0.4) is 0 Å². The number of nitrogens with one attached hydrogen (secondary N) is 1. The second-order valence-corrected chi connectivity index (χ2v) is 9.10. The fraction of sp³-hybridized carbons (Fsp3) is 0.471. The highest BCUT2D eigenvalue weighted by molar-refractivity contribution is 7.89. The predicted octanol–water partition coefficient (Wildman–Crippen LogP) is 2.73. The van der Waals surface area contributed by atoms with E-state index in [2.05, 4.69) is 5.32 Å². The van der Waals surface area contributed by atoms with Crippen LogP contribution in [0.2, 0.25) is 0 Å². The average molecular weight is 419 g/mol. The van der Waals surface area contributed by atoms with Gasteiger partial charge in [0.05, 0.1) is 7.11 Å². The summed E-state index contributed by atoms with van der Waals surface area (Å²) in [5.74, 6) is -0.330. The fourth-order valence-electron chi connectivity index (χ4n) is 3.33. The van der Waals surface area contributed by atoms with Gasteiger partial charge in [0.25, 0.3) is 0 Å². The Morgan fingerprint density at radius 3 is 2.81 bits per heavy atom. The molecule has 0 aliphatic carbocycles. The van der Waals surface area contributed by atoms with Crippen LogP contribution in [0.15, 0.2) is 29.2 Å². The maximum absolute atomic E-state index is 13.4. The number of ether oxygens (including phenoxy) is 1. The van der Waals surface area contributed by atoms with Crippen LogP contribution in [0, 0.1) is 5.92 Å². The smallest absolute Gasteiger partial charge is 0.349 e. The van der Waals surface area contributed by atoms with Crippen molar-refractivity contribution >= 4 is 49.8 Å². The van der Waals surface area contributed by atoms with E-state index in [1.165, 1.54) is 22.8 Å². The Labute approximate surface area is 164 Å². The molecule has 6 nitrogen and oxygen atoms in total. The van der Waals surface area contributed by atoms with Gasteiger partial charge >= 0.3 is 5.97 Å². The quantitative estimate of drug-likeness (QED) is 0.755. The van der Waals surface area contributed by atoms with Crippen LogP contribution >= 0.6 is 23.7 Å². The van der Waals surface area contributed by atoms with E-state index in [1.807, 2.05) is 19.2 Å². The molecule has 0 bridgehead atoms. The van der Waals surface area contributed by atoms with Crippen molar-refractivity contribution in [2.24, 2.45) is 5.92 Å². The highest BCUT2D eigenvalue weighted by Gasteiger charge is 2.36. The van der Waals surface area contributed by atoms with Crippen molar-refractivity contribution in [3.8, 4) is 0 Å². The molecule has 3 rings (SSSR count). The molecular formula is C17H23ClN2O4S2. The number of thiophene rings is 1. The van der Waals surface area contributed by atoms with Gasteiger partial charge in [0.15, 0.2) is 0 Å². The SMILES string of the molecule is CNCC1CCCN(S(=O)(=O)c2c(C(=O)OC)sc3ccccc23)C1.Cl. The molecule has 1 unspecified atom stereocenters. The van der Waals surface area contributed by atoms with Gasteiger partial charge in [-0.05, 0) is 38.4 Å². The first-order chi connectivity index (χ1) is 12.0. The Kier molecular flexibility index (Phi) is 7.04. The number of carbonyl (C=O) groups is 1. The molecule has 1 aromatic heterocycles. The lowest BCUT2D eigenvalue weighted by Gasteiger charge is -2.31. The number of fused-ring (bicyclic) bond motifs is 1. The van der Waals surface area contributed by atoms with E-state index in [0.29, 0.717) is 18.5 Å². The molecule has 1 aliphatic heterocycles. The summed E-state index contributed by atoms with van der Waals surface area (Å²) in [6.45, 7) is 1.72. The molecule has 1 saturated heterocycles. The Bertz CT molecular complexity index is 880. The van der Waals surface area contributed by atoms with Crippen molar-refractivity contribution in [3.63, 3.8) is 0 Å². The second-order valence-electron chi connectivity index (χ2n) is 6.18. The Hall–Kier alpha value is -1.19. The zero-order valence-corrected chi connectivity index (χ0v) is 17.2. The number of esters is 1. The first-order valence-corrected chi connectivity index (χ1v) is 10.5. The van der Waals surface area contributed by atoms with E-state index in [1.54, 1.807) is 12.1 Å². The molecule has 0 amide bonds. The van der Waals surface area contributed by atoms with Crippen molar-refractivity contribution < 1.29 is 17.9 Å². The lowest BCUT2D eigenvalue weighted by molar-refractivity contribution is 0.0602. The van der Waals surface area contributed by atoms with Gasteiger partial charge in [0, 0.05) is 23.2 Å². The van der Waals surface area contributed by atoms with E-state index in [4.69, 9.17) is 4.74 Å². The van der Waals surface area contributed by atoms with Crippen LogP contribution in [0.5, 0.6) is 0 Å². The van der Waals surface area contributed by atoms with Gasteiger partial charge in [-0.15, -0.1) is 23.7 Å². The Morgan fingerprint density at radius 1 is 1.38 bits per heavy atom. The highest BCUT2D eigenvalue weighted by atomic mass is 35.5. The minimum atomic E-state index is -3.77. The third kappa shape index (κ3) is 3.89. The molecule has 1 aromatic carbocycles. The zero-order valence-electron chi connectivity index (χ0n) is 14.7. The number of rotatable bonds is 5. The summed E-state index contributed by atoms with van der Waals surface area (Å²) in [7, 11) is -0.626. The summed E-state index contributed by atoms with van der Waals surface area (Å²) in [6, 6.07) is 7.20. The van der Waals surface area contributed by atoms with Crippen molar-refractivity contribution in [2.45, 2.75) is 17.7 Å². The number of sulfonamides is 1. The lowest BCUT2D eigenvalue weighted by Crippen LogP contribution is -2.42. The van der Waals surface area contributed by atoms with Gasteiger partial charge in [-0.25, -0.2) is 13.2 Å². The van der Waals surface area contributed by atoms with Crippen molar-refractivity contribution in [1.29, 1.82) is 0 Å². The molecule has 144 valence electrons. The van der Waals surface area contributed by atoms with Gasteiger partial charge in [-0.3, -0.25) is 0 Å². The molecular weight excluding hydrogens is 396 g/mol. The molecule has 0 spiro atoms. The molecule has 1 N–H and O–H groups in total. The van der Waals surface area contributed by atoms with Crippen LogP contribution in [-0.2, 0) is 14.8 Å². The third-order valence-electron chi connectivity index (χ3n) is 4.49. The van der Waals surface area contributed by atoms with Gasteiger partial charge < -0.3 is 10.1 Å². The highest BCUT2D eigenvalue weighted by Crippen LogP contribution is 2.37. The molecule has 26 heavy (non-hydrogen) atoms. The summed E-state index contributed by atoms with van der Waals surface area (Å²) in [6.07, 6.45) is 1.82. The minimum Gasteiger partial charge on any atom is -0.465 e. The van der Waals surface area contributed by atoms with E-state index in [0.717, 1.165) is 24.1 Å². The molecule has 1 aliphatic rings. The minimum absolute atomic E-state index is 0. The van der Waals surface area contributed by atoms with Crippen LogP contribution in [0.4, 0.5) is 0 Å². The van der Waals surface area contributed by atoms with E-state index < -0.39 is 16.0 Å². The first-order valence-electron chi connectivity index (χ1n) is 8.23. The largest absolute Gasteiger partial charge is 0.465 e. The summed E-state index contributed by atoms with van der Waals surface area (Å²) < 4.78 is 33.8. The van der Waals surface area contributed by atoms with E-state index in [-0.39, 0.29) is 28.1 Å². The number of methoxy groups -OCH3 is 1. The monoisotopic (exact) mass is 418 g/mol. The van der Waals surface area contributed by atoms with Crippen molar-refractivity contribution in [3.05, 3.63) is 29.1 Å². The number of halogens is 1. The van der Waals surface area contributed by atoms with Crippen LogP contribution in [-0.4, -0.2) is 52.5 Å². The predicted molar refractivity (Wildman–Crippen MR) is 106 cm³/mol. The standard InChI is InChI=1S/C17H22N2O4S2.ClH/c1-18-10-12-6-5-9-19(11-12)25(21,22)16-13-7-3-4-8-14(13)24-15(16)17(20)23-2;/h3-4,7-8,12,18H,5-6,9-11H2,1-2H3;1H. The van der Waals surface area contributed by atoms with Crippen molar-refractivity contribution in [2.75, 3.05) is 33.8 Å². The van der Waals surface area contributed by atoms with Crippen LogP contribution < -0.4 is 5.32 Å². The number of hydrogen-bond donors (Lipinski definition) is 1. The summed E-state index contributed by atoms with van der Waals surface area (Å²) in [5, 5.41) is 3.71. The van der Waals surface area contributed by atoms with Gasteiger partial charge in [0.1, 0.15) is 9.77 Å². The topological polar surface area (TPSA) is 75.7 Å². The van der Waals surface area contributed by atoms with Gasteiger partial charge in [-0.2, -0.15) is 4.31 Å². The normalized spacial score (nSPS) is 18.5. The molecule has 2 heterocycles. The molecule has 1 fully saturated rings. The molecule has 0 radical (unpaired) electrons. The summed E-state index contributed by atoms with van der Waals surface area (Å²) in [4.78, 5) is 12.4. The van der Waals surface area contributed by atoms with Gasteiger partial charge in [0.2, 0.25) is 10.0 Å². The number of piperidine rings is 1. The van der Waals surface area contributed by atoms with Crippen LogP contribution in [0.1, 0.15) is 22.5 Å². The molecule has 0 saturated carbocycles. The Balaban J connectivity index is 0.00000243. The maximum atomic E-state index is 13.4. The fourth-order valence-corrected chi connectivity index (χ4v) is 6.66. The number of benzene rings is 1. The van der Waals surface area contributed by atoms with Gasteiger partial charge in [-0.1, -0.05) is 18.2 Å². The average Bonchev–Trinajstić information content (AvgIpc) is 3.02. The number of hydrogen-bond acceptors (Lipinski definition) is 6. The zero-order chi connectivity index (χ0) is 18.0. The molecule has 1 atom stereocenters. The summed E-state index contributed by atoms with van der Waals surface area (Å²) >= 11 is 1.17.